The summed E-state index contributed by atoms with van der Waals surface area (Å²) in [5.41, 5.74) is 0. The summed E-state index contributed by atoms with van der Waals surface area (Å²) in [4.78, 5) is 18.6. The number of rotatable bonds is 3. The maximum Gasteiger partial charge on any atom is 0.241 e. The van der Waals surface area contributed by atoms with E-state index in [2.05, 4.69) is 19.9 Å². The van der Waals surface area contributed by atoms with Crippen LogP contribution >= 0.6 is 11.6 Å². The molecular formula is C11H13ClN6O. The van der Waals surface area contributed by atoms with Gasteiger partial charge in [0.15, 0.2) is 0 Å². The zero-order valence-corrected chi connectivity index (χ0v) is 11.2. The summed E-state index contributed by atoms with van der Waals surface area (Å²) in [6.45, 7) is 1.45. The van der Waals surface area contributed by atoms with Crippen LogP contribution in [0.2, 0.25) is 5.28 Å². The van der Waals surface area contributed by atoms with Gasteiger partial charge in [0, 0.05) is 26.0 Å². The smallest absolute Gasteiger partial charge is 0.241 e. The second-order valence-electron chi connectivity index (χ2n) is 4.30. The summed E-state index contributed by atoms with van der Waals surface area (Å²) < 4.78 is 7.06. The Morgan fingerprint density at radius 2 is 2.32 bits per heavy atom. The van der Waals surface area contributed by atoms with Crippen molar-refractivity contribution in [2.45, 2.75) is 12.5 Å². The lowest BCUT2D eigenvalue weighted by Gasteiger charge is -2.23. The van der Waals surface area contributed by atoms with Crippen molar-refractivity contribution in [3.8, 4) is 5.95 Å². The Morgan fingerprint density at radius 3 is 3.00 bits per heavy atom. The molecule has 0 N–H and O–H groups in total. The van der Waals surface area contributed by atoms with Crippen LogP contribution in [-0.4, -0.2) is 50.8 Å². The van der Waals surface area contributed by atoms with Crippen molar-refractivity contribution in [1.29, 1.82) is 0 Å². The van der Waals surface area contributed by atoms with Crippen molar-refractivity contribution in [2.24, 2.45) is 0 Å². The molecule has 2 aromatic heterocycles. The Balaban J connectivity index is 1.93. The van der Waals surface area contributed by atoms with Gasteiger partial charge in [-0.2, -0.15) is 15.0 Å². The van der Waals surface area contributed by atoms with Gasteiger partial charge >= 0.3 is 0 Å². The second-order valence-corrected chi connectivity index (χ2v) is 4.64. The standard InChI is InChI=1S/C11H13ClN6O/c1-17(8-2-5-19-6-8)10-14-9(12)15-11(16-10)18-4-3-13-7-18/h3-4,7-8H,2,5-6H2,1H3. The van der Waals surface area contributed by atoms with Crippen molar-refractivity contribution in [3.63, 3.8) is 0 Å². The van der Waals surface area contributed by atoms with Crippen molar-refractivity contribution in [1.82, 2.24) is 24.5 Å². The first-order chi connectivity index (χ1) is 9.24. The number of ether oxygens (including phenoxy) is 1. The molecule has 0 saturated carbocycles. The molecule has 2 aromatic rings. The van der Waals surface area contributed by atoms with Gasteiger partial charge in [0.05, 0.1) is 12.6 Å². The molecular weight excluding hydrogens is 268 g/mol. The summed E-state index contributed by atoms with van der Waals surface area (Å²) in [7, 11) is 1.93. The van der Waals surface area contributed by atoms with Crippen molar-refractivity contribution < 1.29 is 4.74 Å². The largest absolute Gasteiger partial charge is 0.379 e. The van der Waals surface area contributed by atoms with Gasteiger partial charge in [-0.1, -0.05) is 0 Å². The van der Waals surface area contributed by atoms with E-state index in [1.54, 1.807) is 23.3 Å². The van der Waals surface area contributed by atoms with E-state index < -0.39 is 0 Å². The lowest BCUT2D eigenvalue weighted by atomic mass is 10.2. The summed E-state index contributed by atoms with van der Waals surface area (Å²) in [6.07, 6.45) is 5.99. The molecule has 7 nitrogen and oxygen atoms in total. The normalized spacial score (nSPS) is 18.7. The Hall–Kier alpha value is -1.73. The summed E-state index contributed by atoms with van der Waals surface area (Å²) in [6, 6.07) is 0.272. The zero-order chi connectivity index (χ0) is 13.2. The van der Waals surface area contributed by atoms with Gasteiger partial charge in [-0.3, -0.25) is 4.57 Å². The lowest BCUT2D eigenvalue weighted by Crippen LogP contribution is -2.33. The third kappa shape index (κ3) is 2.52. The molecule has 0 spiro atoms. The highest BCUT2D eigenvalue weighted by atomic mass is 35.5. The highest BCUT2D eigenvalue weighted by Crippen LogP contribution is 2.18. The number of imidazole rings is 1. The number of halogens is 1. The molecule has 3 rings (SSSR count). The second kappa shape index (κ2) is 5.10. The molecule has 1 aliphatic rings. The molecule has 1 aliphatic heterocycles. The number of likely N-dealkylation sites (N-methyl/N-ethyl adjacent to an activating group) is 1. The summed E-state index contributed by atoms with van der Waals surface area (Å²) in [5, 5.41) is 0.166. The Kier molecular flexibility index (Phi) is 3.31. The molecule has 0 aliphatic carbocycles. The fourth-order valence-electron chi connectivity index (χ4n) is 1.97. The van der Waals surface area contributed by atoms with Crippen LogP contribution in [0.5, 0.6) is 0 Å². The van der Waals surface area contributed by atoms with Crippen LogP contribution in [0.3, 0.4) is 0 Å². The molecule has 1 saturated heterocycles. The van der Waals surface area contributed by atoms with E-state index in [1.807, 2.05) is 11.9 Å². The Labute approximate surface area is 115 Å². The van der Waals surface area contributed by atoms with Gasteiger partial charge in [0.25, 0.3) is 0 Å². The molecule has 8 heteroatoms. The van der Waals surface area contributed by atoms with E-state index in [9.17, 15) is 0 Å². The monoisotopic (exact) mass is 280 g/mol. The van der Waals surface area contributed by atoms with Gasteiger partial charge in [-0.25, -0.2) is 4.98 Å². The quantitative estimate of drug-likeness (QED) is 0.833. The van der Waals surface area contributed by atoms with Crippen molar-refractivity contribution in [3.05, 3.63) is 24.0 Å². The molecule has 100 valence electrons. The van der Waals surface area contributed by atoms with Crippen LogP contribution in [0.25, 0.3) is 5.95 Å². The molecule has 0 aromatic carbocycles. The van der Waals surface area contributed by atoms with Crippen LogP contribution in [0, 0.1) is 0 Å². The third-order valence-corrected chi connectivity index (χ3v) is 3.26. The van der Waals surface area contributed by atoms with Crippen LogP contribution in [-0.2, 0) is 4.74 Å². The first-order valence-electron chi connectivity index (χ1n) is 5.94. The molecule has 1 fully saturated rings. The third-order valence-electron chi connectivity index (χ3n) is 3.09. The predicted octanol–water partition coefficient (Wildman–Crippen LogP) is 0.936. The van der Waals surface area contributed by atoms with Crippen LogP contribution in [0.15, 0.2) is 18.7 Å². The molecule has 0 bridgehead atoms. The summed E-state index contributed by atoms with van der Waals surface area (Å²) >= 11 is 5.96. The van der Waals surface area contributed by atoms with E-state index in [4.69, 9.17) is 16.3 Å². The lowest BCUT2D eigenvalue weighted by molar-refractivity contribution is 0.193. The minimum atomic E-state index is 0.166. The summed E-state index contributed by atoms with van der Waals surface area (Å²) in [5.74, 6) is 0.998. The first-order valence-corrected chi connectivity index (χ1v) is 6.32. The van der Waals surface area contributed by atoms with E-state index in [-0.39, 0.29) is 11.3 Å². The highest BCUT2D eigenvalue weighted by molar-refractivity contribution is 6.28. The average molecular weight is 281 g/mol. The van der Waals surface area contributed by atoms with E-state index in [0.29, 0.717) is 18.5 Å². The minimum absolute atomic E-state index is 0.166. The van der Waals surface area contributed by atoms with Crippen LogP contribution < -0.4 is 4.90 Å². The molecule has 1 unspecified atom stereocenters. The van der Waals surface area contributed by atoms with Gasteiger partial charge in [0.2, 0.25) is 17.2 Å². The van der Waals surface area contributed by atoms with Gasteiger partial charge < -0.3 is 9.64 Å². The zero-order valence-electron chi connectivity index (χ0n) is 10.4. The first kappa shape index (κ1) is 12.3. The number of anilines is 1. The van der Waals surface area contributed by atoms with Crippen LogP contribution in [0.1, 0.15) is 6.42 Å². The topological polar surface area (TPSA) is 69.0 Å². The fraction of sp³-hybridized carbons (Fsp3) is 0.455. The minimum Gasteiger partial charge on any atom is -0.379 e. The molecule has 19 heavy (non-hydrogen) atoms. The van der Waals surface area contributed by atoms with Gasteiger partial charge in [-0.15, -0.1) is 0 Å². The van der Waals surface area contributed by atoms with Crippen molar-refractivity contribution in [2.75, 3.05) is 25.2 Å². The van der Waals surface area contributed by atoms with Gasteiger partial charge in [-0.05, 0) is 18.0 Å². The maximum absolute atomic E-state index is 5.96. The van der Waals surface area contributed by atoms with E-state index in [0.717, 1.165) is 13.0 Å². The average Bonchev–Trinajstić information content (AvgIpc) is 3.10. The van der Waals surface area contributed by atoms with E-state index >= 15 is 0 Å². The number of aromatic nitrogens is 5. The SMILES string of the molecule is CN(c1nc(Cl)nc(-n2ccnc2)n1)C1CCOC1. The van der Waals surface area contributed by atoms with Gasteiger partial charge in [0.1, 0.15) is 6.33 Å². The molecule has 0 radical (unpaired) electrons. The fourth-order valence-corrected chi connectivity index (χ4v) is 2.12. The number of hydrogen-bond acceptors (Lipinski definition) is 6. The molecule has 3 heterocycles. The number of nitrogens with zero attached hydrogens (tertiary/aromatic N) is 6. The Morgan fingerprint density at radius 1 is 1.42 bits per heavy atom. The molecule has 0 amide bonds. The molecule has 1 atom stereocenters. The maximum atomic E-state index is 5.96. The van der Waals surface area contributed by atoms with Crippen molar-refractivity contribution >= 4 is 17.5 Å². The highest BCUT2D eigenvalue weighted by Gasteiger charge is 2.23. The van der Waals surface area contributed by atoms with E-state index in [1.165, 1.54) is 0 Å². The van der Waals surface area contributed by atoms with Crippen LogP contribution in [0.4, 0.5) is 5.95 Å². The predicted molar refractivity (Wildman–Crippen MR) is 69.6 cm³/mol. The number of hydrogen-bond donors (Lipinski definition) is 0. The Bertz CT molecular complexity index is 554.